The maximum Gasteiger partial charge on any atom is 0.239 e. The number of halogens is 1. The molecule has 0 aliphatic carbocycles. The van der Waals surface area contributed by atoms with E-state index in [2.05, 4.69) is 0 Å². The van der Waals surface area contributed by atoms with Gasteiger partial charge in [0.15, 0.2) is 0 Å². The van der Waals surface area contributed by atoms with Crippen LogP contribution in [0.5, 0.6) is 0 Å². The molecule has 0 radical (unpaired) electrons. The number of primary sulfonamides is 1. The minimum Gasteiger partial charge on any atom is -0.397 e. The lowest BCUT2D eigenvalue weighted by molar-refractivity contribution is 0.583. The second-order valence-electron chi connectivity index (χ2n) is 4.18. The molecule has 0 spiro atoms. The Morgan fingerprint density at radius 2 is 1.48 bits per heavy atom. The highest BCUT2D eigenvalue weighted by atomic mass is 35.5. The van der Waals surface area contributed by atoms with E-state index in [-0.39, 0.29) is 15.6 Å². The van der Waals surface area contributed by atoms with E-state index in [0.717, 1.165) is 12.1 Å². The SMILES string of the molecule is Nc1cc(S(=O)(=O)c2ccccc2S(N)(=O)=O)ccc1Cl. The van der Waals surface area contributed by atoms with Gasteiger partial charge in [-0.1, -0.05) is 23.7 Å². The predicted molar refractivity (Wildman–Crippen MR) is 79.1 cm³/mol. The van der Waals surface area contributed by atoms with Crippen molar-refractivity contribution < 1.29 is 16.8 Å². The molecule has 9 heteroatoms. The largest absolute Gasteiger partial charge is 0.397 e. The summed E-state index contributed by atoms with van der Waals surface area (Å²) in [6.45, 7) is 0. The van der Waals surface area contributed by atoms with Crippen LogP contribution in [-0.2, 0) is 19.9 Å². The number of hydrogen-bond acceptors (Lipinski definition) is 5. The number of nitrogens with two attached hydrogens (primary N) is 2. The molecule has 0 saturated heterocycles. The van der Waals surface area contributed by atoms with Crippen molar-refractivity contribution in [2.24, 2.45) is 5.14 Å². The van der Waals surface area contributed by atoms with Crippen LogP contribution >= 0.6 is 11.6 Å². The molecule has 0 heterocycles. The molecule has 2 aromatic rings. The molecule has 2 aromatic carbocycles. The maximum atomic E-state index is 12.5. The standard InChI is InChI=1S/C12H11ClN2O4S2/c13-9-6-5-8(7-10(9)14)20(16,17)11-3-1-2-4-12(11)21(15,18)19/h1-7H,14H2,(H2,15,18,19). The lowest BCUT2D eigenvalue weighted by Gasteiger charge is -2.10. The van der Waals surface area contributed by atoms with Crippen molar-refractivity contribution in [2.45, 2.75) is 14.7 Å². The first kappa shape index (κ1) is 15.8. The number of hydrogen-bond donors (Lipinski definition) is 2. The van der Waals surface area contributed by atoms with E-state index in [1.807, 2.05) is 0 Å². The summed E-state index contributed by atoms with van der Waals surface area (Å²) in [5, 5.41) is 5.25. The third-order valence-electron chi connectivity index (χ3n) is 2.72. The predicted octanol–water partition coefficient (Wildman–Crippen LogP) is 1.40. The maximum absolute atomic E-state index is 12.5. The summed E-state index contributed by atoms with van der Waals surface area (Å²) < 4.78 is 48.1. The topological polar surface area (TPSA) is 120 Å². The Morgan fingerprint density at radius 1 is 0.905 bits per heavy atom. The third-order valence-corrected chi connectivity index (χ3v) is 5.97. The van der Waals surface area contributed by atoms with Crippen molar-refractivity contribution in [1.29, 1.82) is 0 Å². The van der Waals surface area contributed by atoms with Gasteiger partial charge in [0.25, 0.3) is 0 Å². The van der Waals surface area contributed by atoms with Gasteiger partial charge in [-0.3, -0.25) is 0 Å². The van der Waals surface area contributed by atoms with Crippen LogP contribution < -0.4 is 10.9 Å². The monoisotopic (exact) mass is 346 g/mol. The highest BCUT2D eigenvalue weighted by molar-refractivity contribution is 7.93. The second kappa shape index (κ2) is 5.30. The summed E-state index contributed by atoms with van der Waals surface area (Å²) in [7, 11) is -8.27. The van der Waals surface area contributed by atoms with Gasteiger partial charge < -0.3 is 5.73 Å². The summed E-state index contributed by atoms with van der Waals surface area (Å²) in [4.78, 5) is -1.05. The van der Waals surface area contributed by atoms with Crippen LogP contribution in [0, 0.1) is 0 Å². The Bertz CT molecular complexity index is 909. The first-order chi connectivity index (χ1) is 9.64. The molecule has 0 aliphatic rings. The van der Waals surface area contributed by atoms with E-state index in [1.165, 1.54) is 30.3 Å². The van der Waals surface area contributed by atoms with Gasteiger partial charge in [0, 0.05) is 0 Å². The van der Waals surface area contributed by atoms with E-state index >= 15 is 0 Å². The zero-order valence-corrected chi connectivity index (χ0v) is 12.9. The summed E-state index contributed by atoms with van der Waals surface area (Å²) in [5.41, 5.74) is 5.65. The fourth-order valence-electron chi connectivity index (χ4n) is 1.72. The van der Waals surface area contributed by atoms with Gasteiger partial charge in [0.2, 0.25) is 19.9 Å². The first-order valence-corrected chi connectivity index (χ1v) is 8.97. The molecule has 0 saturated carbocycles. The Hall–Kier alpha value is -1.61. The van der Waals surface area contributed by atoms with Crippen molar-refractivity contribution in [1.82, 2.24) is 0 Å². The molecule has 0 aliphatic heterocycles. The van der Waals surface area contributed by atoms with Gasteiger partial charge in [-0.2, -0.15) is 0 Å². The number of benzene rings is 2. The molecule has 2 rings (SSSR count). The number of rotatable bonds is 3. The Labute approximate surface area is 127 Å². The summed E-state index contributed by atoms with van der Waals surface area (Å²) in [6.07, 6.45) is 0. The highest BCUT2D eigenvalue weighted by Crippen LogP contribution is 2.29. The van der Waals surface area contributed by atoms with Crippen LogP contribution in [0.3, 0.4) is 0 Å². The van der Waals surface area contributed by atoms with Crippen molar-refractivity contribution in [3.8, 4) is 0 Å². The Morgan fingerprint density at radius 3 is 2.00 bits per heavy atom. The molecular weight excluding hydrogens is 336 g/mol. The van der Waals surface area contributed by atoms with E-state index < -0.39 is 29.7 Å². The van der Waals surface area contributed by atoms with E-state index in [9.17, 15) is 16.8 Å². The summed E-state index contributed by atoms with van der Waals surface area (Å²) in [6, 6.07) is 8.81. The minimum atomic E-state index is -4.18. The molecule has 6 nitrogen and oxygen atoms in total. The smallest absolute Gasteiger partial charge is 0.239 e. The average molecular weight is 347 g/mol. The fourth-order valence-corrected chi connectivity index (χ4v) is 4.51. The molecule has 0 bridgehead atoms. The van der Waals surface area contributed by atoms with Crippen LogP contribution in [0.25, 0.3) is 0 Å². The number of sulfonamides is 1. The van der Waals surface area contributed by atoms with E-state index in [0.29, 0.717) is 0 Å². The van der Waals surface area contributed by atoms with Crippen LogP contribution in [0.4, 0.5) is 5.69 Å². The van der Waals surface area contributed by atoms with E-state index in [1.54, 1.807) is 0 Å². The van der Waals surface area contributed by atoms with Crippen LogP contribution in [-0.4, -0.2) is 16.8 Å². The molecule has 4 N–H and O–H groups in total. The molecule has 0 atom stereocenters. The quantitative estimate of drug-likeness (QED) is 0.814. The number of anilines is 1. The normalized spacial score (nSPS) is 12.3. The van der Waals surface area contributed by atoms with Crippen molar-refractivity contribution in [2.75, 3.05) is 5.73 Å². The molecule has 21 heavy (non-hydrogen) atoms. The number of nitrogen functional groups attached to an aromatic ring is 1. The lowest BCUT2D eigenvalue weighted by Crippen LogP contribution is -2.17. The zero-order chi connectivity index (χ0) is 15.8. The van der Waals surface area contributed by atoms with Gasteiger partial charge in [-0.05, 0) is 30.3 Å². The molecular formula is C12H11ClN2O4S2. The zero-order valence-electron chi connectivity index (χ0n) is 10.5. The van der Waals surface area contributed by atoms with Gasteiger partial charge in [0.1, 0.15) is 4.90 Å². The summed E-state index contributed by atoms with van der Waals surface area (Å²) in [5.74, 6) is 0. The Balaban J connectivity index is 2.74. The molecule has 0 unspecified atom stereocenters. The second-order valence-corrected chi connectivity index (χ2v) is 8.03. The van der Waals surface area contributed by atoms with Crippen molar-refractivity contribution >= 4 is 37.1 Å². The Kier molecular flexibility index (Phi) is 3.98. The molecule has 0 aromatic heterocycles. The highest BCUT2D eigenvalue weighted by Gasteiger charge is 2.26. The fraction of sp³-hybridized carbons (Fsp3) is 0. The van der Waals surface area contributed by atoms with Gasteiger partial charge in [-0.25, -0.2) is 22.0 Å². The minimum absolute atomic E-state index is 0.0748. The van der Waals surface area contributed by atoms with Crippen molar-refractivity contribution in [3.63, 3.8) is 0 Å². The van der Waals surface area contributed by atoms with E-state index in [4.69, 9.17) is 22.5 Å². The number of sulfone groups is 1. The van der Waals surface area contributed by atoms with Crippen LogP contribution in [0.2, 0.25) is 5.02 Å². The van der Waals surface area contributed by atoms with Gasteiger partial charge >= 0.3 is 0 Å². The first-order valence-electron chi connectivity index (χ1n) is 5.56. The molecule has 112 valence electrons. The molecule has 0 amide bonds. The summed E-state index contributed by atoms with van der Waals surface area (Å²) >= 11 is 5.74. The molecule has 0 fully saturated rings. The lowest BCUT2D eigenvalue weighted by atomic mass is 10.3. The van der Waals surface area contributed by atoms with Gasteiger partial charge in [-0.15, -0.1) is 0 Å². The van der Waals surface area contributed by atoms with Gasteiger partial charge in [0.05, 0.1) is 20.5 Å². The van der Waals surface area contributed by atoms with Crippen molar-refractivity contribution in [3.05, 3.63) is 47.5 Å². The third kappa shape index (κ3) is 3.03. The van der Waals surface area contributed by atoms with Crippen LogP contribution in [0.1, 0.15) is 0 Å². The van der Waals surface area contributed by atoms with Crippen LogP contribution in [0.15, 0.2) is 57.2 Å². The average Bonchev–Trinajstić information content (AvgIpc) is 2.41.